The minimum Gasteiger partial charge on any atom is -0.342 e. The third-order valence-electron chi connectivity index (χ3n) is 8.28. The Bertz CT molecular complexity index is 1210. The highest BCUT2D eigenvalue weighted by Crippen LogP contribution is 2.30. The minimum absolute atomic E-state index is 0. The zero-order valence-electron chi connectivity index (χ0n) is 23.6. The first-order valence-corrected chi connectivity index (χ1v) is 14.6. The van der Waals surface area contributed by atoms with E-state index in [1.165, 1.54) is 18.6 Å². The molecule has 1 aliphatic carbocycles. The van der Waals surface area contributed by atoms with E-state index in [0.717, 1.165) is 50.2 Å². The Kier molecular flexibility index (Phi) is 10.4. The van der Waals surface area contributed by atoms with Gasteiger partial charge in [0.15, 0.2) is 5.78 Å². The second-order valence-electron chi connectivity index (χ2n) is 11.5. The number of piperidine rings is 1. The highest BCUT2D eigenvalue weighted by molar-refractivity contribution is 5.98. The maximum Gasteiger partial charge on any atom is 0.251 e. The van der Waals surface area contributed by atoms with Gasteiger partial charge in [0.1, 0.15) is 11.6 Å². The standard InChI is InChI=1S/C32H41F2N3O3.2H2/c1-21(2)31(39)30(22-8-4-3-5-9-22)36-32(40)24-11-6-10-23(16-24)26-12-7-15-37(20-26)29(38)19-35-18-25-13-14-27(33)17-28(25)34;;/h6,10-11,13-14,16-17,21-22,26,30,35H,3-5,7-9,12,15,18-20H2,1-2H3,(H,36,40);2*1H/t26-,30-;;/m1../s1. The zero-order chi connectivity index (χ0) is 28.6. The molecular formula is C32H45F2N3O3. The zero-order valence-corrected chi connectivity index (χ0v) is 23.6. The van der Waals surface area contributed by atoms with Crippen molar-refractivity contribution in [2.24, 2.45) is 11.8 Å². The summed E-state index contributed by atoms with van der Waals surface area (Å²) in [6.45, 7) is 5.14. The highest BCUT2D eigenvalue weighted by Gasteiger charge is 2.32. The highest BCUT2D eigenvalue weighted by atomic mass is 19.1. The van der Waals surface area contributed by atoms with Gasteiger partial charge in [-0.3, -0.25) is 14.4 Å². The average Bonchev–Trinajstić information content (AvgIpc) is 2.97. The molecule has 2 amide bonds. The number of hydrogen-bond donors (Lipinski definition) is 2. The van der Waals surface area contributed by atoms with E-state index < -0.39 is 17.7 Å². The van der Waals surface area contributed by atoms with Crippen LogP contribution in [0.15, 0.2) is 42.5 Å². The van der Waals surface area contributed by atoms with Crippen molar-refractivity contribution in [3.05, 3.63) is 70.8 Å². The molecule has 220 valence electrons. The molecule has 0 spiro atoms. The van der Waals surface area contributed by atoms with Gasteiger partial charge in [-0.25, -0.2) is 8.78 Å². The molecule has 4 rings (SSSR count). The largest absolute Gasteiger partial charge is 0.342 e. The van der Waals surface area contributed by atoms with Gasteiger partial charge in [0.05, 0.1) is 12.6 Å². The van der Waals surface area contributed by atoms with Crippen LogP contribution in [0.5, 0.6) is 0 Å². The number of ketones is 1. The second-order valence-corrected chi connectivity index (χ2v) is 11.5. The van der Waals surface area contributed by atoms with E-state index in [0.29, 0.717) is 24.2 Å². The Morgan fingerprint density at radius 1 is 1.00 bits per heavy atom. The number of likely N-dealkylation sites (tertiary alicyclic amines) is 1. The summed E-state index contributed by atoms with van der Waals surface area (Å²) in [6.07, 6.45) is 7.03. The summed E-state index contributed by atoms with van der Waals surface area (Å²) in [7, 11) is 0. The molecule has 0 radical (unpaired) electrons. The molecule has 1 heterocycles. The fraction of sp³-hybridized carbons (Fsp3) is 0.531. The lowest BCUT2D eigenvalue weighted by atomic mass is 9.80. The summed E-state index contributed by atoms with van der Waals surface area (Å²) in [6, 6.07) is 10.5. The Balaban J connectivity index is 0.00000308. The number of hydrogen-bond acceptors (Lipinski definition) is 4. The number of halogens is 2. The van der Waals surface area contributed by atoms with Crippen molar-refractivity contribution in [1.29, 1.82) is 0 Å². The van der Waals surface area contributed by atoms with Crippen molar-refractivity contribution >= 4 is 17.6 Å². The number of nitrogens with zero attached hydrogens (tertiary/aromatic N) is 1. The normalized spacial score (nSPS) is 18.9. The molecule has 2 N–H and O–H groups in total. The monoisotopic (exact) mass is 557 g/mol. The summed E-state index contributed by atoms with van der Waals surface area (Å²) in [5, 5.41) is 6.04. The summed E-state index contributed by atoms with van der Waals surface area (Å²) in [5.74, 6) is -1.36. The number of benzene rings is 2. The van der Waals surface area contributed by atoms with Crippen molar-refractivity contribution in [2.75, 3.05) is 19.6 Å². The van der Waals surface area contributed by atoms with Crippen LogP contribution >= 0.6 is 0 Å². The lowest BCUT2D eigenvalue weighted by molar-refractivity contribution is -0.131. The summed E-state index contributed by atoms with van der Waals surface area (Å²) in [5.41, 5.74) is 1.83. The van der Waals surface area contributed by atoms with E-state index in [-0.39, 0.29) is 51.3 Å². The van der Waals surface area contributed by atoms with Crippen molar-refractivity contribution in [2.45, 2.75) is 77.3 Å². The Hall–Kier alpha value is -3.13. The number of rotatable bonds is 10. The third-order valence-corrected chi connectivity index (χ3v) is 8.28. The summed E-state index contributed by atoms with van der Waals surface area (Å²) < 4.78 is 27.0. The van der Waals surface area contributed by atoms with Crippen LogP contribution in [-0.2, 0) is 16.1 Å². The molecule has 0 aromatic heterocycles. The van der Waals surface area contributed by atoms with E-state index in [4.69, 9.17) is 0 Å². The smallest absolute Gasteiger partial charge is 0.251 e. The molecule has 2 aliphatic rings. The molecule has 1 aliphatic heterocycles. The van der Waals surface area contributed by atoms with Gasteiger partial charge < -0.3 is 15.5 Å². The predicted octanol–water partition coefficient (Wildman–Crippen LogP) is 5.86. The molecule has 2 aromatic carbocycles. The number of nitrogens with one attached hydrogen (secondary N) is 2. The van der Waals surface area contributed by atoms with Crippen LogP contribution < -0.4 is 10.6 Å². The van der Waals surface area contributed by atoms with Gasteiger partial charge in [-0.1, -0.05) is 51.3 Å². The van der Waals surface area contributed by atoms with E-state index >= 15 is 0 Å². The predicted molar refractivity (Wildman–Crippen MR) is 155 cm³/mol. The molecule has 6 nitrogen and oxygen atoms in total. The van der Waals surface area contributed by atoms with Gasteiger partial charge in [-0.15, -0.1) is 0 Å². The van der Waals surface area contributed by atoms with Crippen molar-refractivity contribution in [3.8, 4) is 0 Å². The SMILES string of the molecule is CC(C)C(=O)[C@H](NC(=O)c1cccc([C@@H]2CCCN(C(=O)CNCc3ccc(F)cc3F)C2)c1)C1CCCCC1.[HH].[HH]. The van der Waals surface area contributed by atoms with Gasteiger partial charge in [0.2, 0.25) is 5.91 Å². The average molecular weight is 558 g/mol. The molecule has 2 aromatic rings. The van der Waals surface area contributed by atoms with Gasteiger partial charge in [-0.05, 0) is 55.4 Å². The molecule has 2 atom stereocenters. The van der Waals surface area contributed by atoms with Gasteiger partial charge >= 0.3 is 0 Å². The molecule has 40 heavy (non-hydrogen) atoms. The van der Waals surface area contributed by atoms with Crippen molar-refractivity contribution in [3.63, 3.8) is 0 Å². The first-order valence-electron chi connectivity index (χ1n) is 14.6. The third kappa shape index (κ3) is 7.74. The maximum atomic E-state index is 13.9. The van der Waals surface area contributed by atoms with Crippen LogP contribution in [0.4, 0.5) is 8.78 Å². The molecule has 2 fully saturated rings. The number of carbonyl (C=O) groups excluding carboxylic acids is 3. The number of Topliss-reactive ketones (excluding diaryl/α,β-unsaturated/α-hetero) is 1. The maximum absolute atomic E-state index is 13.9. The van der Waals surface area contributed by atoms with E-state index in [1.807, 2.05) is 32.0 Å². The first-order chi connectivity index (χ1) is 19.2. The Labute approximate surface area is 238 Å². The van der Waals surface area contributed by atoms with Crippen LogP contribution in [0.2, 0.25) is 0 Å². The molecule has 1 saturated carbocycles. The van der Waals surface area contributed by atoms with Crippen LogP contribution in [0, 0.1) is 23.5 Å². The molecule has 0 bridgehead atoms. The van der Waals surface area contributed by atoms with Crippen molar-refractivity contribution < 1.29 is 26.0 Å². The number of amides is 2. The summed E-state index contributed by atoms with van der Waals surface area (Å²) >= 11 is 0. The van der Waals surface area contributed by atoms with Crippen molar-refractivity contribution in [1.82, 2.24) is 15.5 Å². The molecule has 8 heteroatoms. The van der Waals surface area contributed by atoms with Gasteiger partial charge in [0, 0.05) is 51.5 Å². The topological polar surface area (TPSA) is 78.5 Å². The number of carbonyl (C=O) groups is 3. The summed E-state index contributed by atoms with van der Waals surface area (Å²) in [4.78, 5) is 41.0. The van der Waals surface area contributed by atoms with E-state index in [9.17, 15) is 23.2 Å². The van der Waals surface area contributed by atoms with Crippen LogP contribution in [0.3, 0.4) is 0 Å². The van der Waals surface area contributed by atoms with Gasteiger partial charge in [-0.2, -0.15) is 0 Å². The molecule has 1 saturated heterocycles. The fourth-order valence-corrected chi connectivity index (χ4v) is 5.96. The Morgan fingerprint density at radius 2 is 1.77 bits per heavy atom. The van der Waals surface area contributed by atoms with Crippen LogP contribution in [0.25, 0.3) is 0 Å². The van der Waals surface area contributed by atoms with E-state index in [1.54, 1.807) is 11.0 Å². The second kappa shape index (κ2) is 14.0. The van der Waals surface area contributed by atoms with E-state index in [2.05, 4.69) is 10.6 Å². The quantitative estimate of drug-likeness (QED) is 0.384. The minimum atomic E-state index is -0.638. The van der Waals surface area contributed by atoms with Crippen LogP contribution in [-0.4, -0.2) is 48.2 Å². The van der Waals surface area contributed by atoms with Crippen LogP contribution in [0.1, 0.15) is 89.0 Å². The lowest BCUT2D eigenvalue weighted by Gasteiger charge is -2.33. The fourth-order valence-electron chi connectivity index (χ4n) is 5.96. The molecule has 0 unspecified atom stereocenters. The van der Waals surface area contributed by atoms with Gasteiger partial charge in [0.25, 0.3) is 5.91 Å². The molecular weight excluding hydrogens is 512 g/mol. The lowest BCUT2D eigenvalue weighted by Crippen LogP contribution is -2.48. The first kappa shape index (κ1) is 29.8. The Morgan fingerprint density at radius 3 is 2.50 bits per heavy atom.